The van der Waals surface area contributed by atoms with Gasteiger partial charge in [-0.25, -0.2) is 0 Å². The van der Waals surface area contributed by atoms with E-state index in [0.717, 1.165) is 43.4 Å². The molecule has 1 heterocycles. The molecule has 0 radical (unpaired) electrons. The zero-order valence-electron chi connectivity index (χ0n) is 20.0. The third-order valence-corrected chi connectivity index (χ3v) is 7.40. The predicted molar refractivity (Wildman–Crippen MR) is 127 cm³/mol. The Morgan fingerprint density at radius 2 is 1.76 bits per heavy atom. The molecule has 3 aliphatic rings. The lowest BCUT2D eigenvalue weighted by Gasteiger charge is -2.48. The van der Waals surface area contributed by atoms with Crippen LogP contribution in [0.25, 0.3) is 0 Å². The first kappa shape index (κ1) is 25.1. The van der Waals surface area contributed by atoms with Crippen LogP contribution in [-0.4, -0.2) is 46.2 Å². The Labute approximate surface area is 211 Å². The summed E-state index contributed by atoms with van der Waals surface area (Å²) in [6, 6.07) is 11.9. The highest BCUT2D eigenvalue weighted by Crippen LogP contribution is 2.53. The Morgan fingerprint density at radius 1 is 1.00 bits per heavy atom. The molecule has 0 bridgehead atoms. The summed E-state index contributed by atoms with van der Waals surface area (Å²) in [5.41, 5.74) is 1.51. The number of nitrogens with zero attached hydrogens (tertiary/aromatic N) is 2. The highest BCUT2D eigenvalue weighted by atomic mass is 19.4. The summed E-state index contributed by atoms with van der Waals surface area (Å²) in [6.07, 6.45) is -1.19. The van der Waals surface area contributed by atoms with Crippen molar-refractivity contribution in [2.45, 2.75) is 69.4 Å². The van der Waals surface area contributed by atoms with E-state index in [2.05, 4.69) is 4.74 Å². The quantitative estimate of drug-likeness (QED) is 0.539. The number of benzene rings is 2. The Morgan fingerprint density at radius 3 is 2.46 bits per heavy atom. The summed E-state index contributed by atoms with van der Waals surface area (Å²) in [6.45, 7) is 0. The van der Waals surface area contributed by atoms with E-state index >= 15 is 0 Å². The summed E-state index contributed by atoms with van der Waals surface area (Å²) < 4.78 is 42.3. The van der Waals surface area contributed by atoms with Gasteiger partial charge in [-0.05, 0) is 55.5 Å². The van der Waals surface area contributed by atoms with Crippen LogP contribution in [0.4, 0.5) is 18.9 Å². The molecule has 2 aromatic carbocycles. The van der Waals surface area contributed by atoms with Crippen molar-refractivity contribution in [3.05, 3.63) is 59.7 Å². The van der Waals surface area contributed by atoms with Crippen LogP contribution in [0.2, 0.25) is 0 Å². The lowest BCUT2D eigenvalue weighted by molar-refractivity contribution is -0.274. The van der Waals surface area contributed by atoms with Gasteiger partial charge in [0.15, 0.2) is 0 Å². The molecule has 5 rings (SSSR count). The Bertz CT molecular complexity index is 1210. The fourth-order valence-electron chi connectivity index (χ4n) is 5.89. The Kier molecular flexibility index (Phi) is 6.59. The standard InChI is InChI=1S/C27H27F3N2O5/c28-27(29,30)37-18-6-3-5-16(15-18)26(36)32-21-9-2-1-7-19(21)25(20-8-4-10-22(20)32)31(17-11-12-17)23(33)13-14-24(34)35/h1-3,5-7,9,15,17,20,22,25H,4,8,10-14H2,(H,34,35)/t20-,22+,25-/m0/s1. The molecule has 0 aromatic heterocycles. The minimum Gasteiger partial charge on any atom is -0.481 e. The molecule has 1 N–H and O–H groups in total. The number of amides is 2. The van der Waals surface area contributed by atoms with E-state index in [1.54, 1.807) is 17.0 Å². The van der Waals surface area contributed by atoms with Gasteiger partial charge in [-0.3, -0.25) is 14.4 Å². The number of halogens is 3. The van der Waals surface area contributed by atoms with Crippen LogP contribution in [-0.2, 0) is 9.59 Å². The van der Waals surface area contributed by atoms with Gasteiger partial charge >= 0.3 is 12.3 Å². The van der Waals surface area contributed by atoms with E-state index in [-0.39, 0.29) is 48.4 Å². The number of hydrogen-bond donors (Lipinski definition) is 1. The number of carboxylic acids is 1. The fraction of sp³-hybridized carbons (Fsp3) is 0.444. The summed E-state index contributed by atoms with van der Waals surface area (Å²) in [4.78, 5) is 41.7. The lowest BCUT2D eigenvalue weighted by Crippen LogP contribution is -2.52. The maximum atomic E-state index is 13.8. The van der Waals surface area contributed by atoms with Gasteiger partial charge in [0.05, 0.1) is 12.5 Å². The zero-order valence-corrected chi connectivity index (χ0v) is 20.0. The summed E-state index contributed by atoms with van der Waals surface area (Å²) in [5.74, 6) is -2.19. The van der Waals surface area contributed by atoms with Crippen LogP contribution in [0, 0.1) is 5.92 Å². The van der Waals surface area contributed by atoms with Gasteiger partial charge in [0.25, 0.3) is 5.91 Å². The number of rotatable bonds is 7. The van der Waals surface area contributed by atoms with Crippen LogP contribution in [0.5, 0.6) is 5.75 Å². The topological polar surface area (TPSA) is 87.2 Å². The second kappa shape index (κ2) is 9.72. The number of hydrogen-bond acceptors (Lipinski definition) is 4. The third-order valence-electron chi connectivity index (χ3n) is 7.40. The molecule has 3 atom stereocenters. The van der Waals surface area contributed by atoms with Crippen molar-refractivity contribution >= 4 is 23.5 Å². The van der Waals surface area contributed by atoms with Gasteiger partial charge in [0.2, 0.25) is 5.91 Å². The van der Waals surface area contributed by atoms with E-state index in [4.69, 9.17) is 5.11 Å². The van der Waals surface area contributed by atoms with Crippen LogP contribution in [0.1, 0.15) is 66.9 Å². The molecule has 2 saturated carbocycles. The first-order valence-electron chi connectivity index (χ1n) is 12.5. The monoisotopic (exact) mass is 516 g/mol. The molecule has 196 valence electrons. The van der Waals surface area contributed by atoms with E-state index in [9.17, 15) is 27.6 Å². The minimum absolute atomic E-state index is 0.0408. The first-order valence-corrected chi connectivity index (χ1v) is 12.5. The van der Waals surface area contributed by atoms with Gasteiger partial charge in [-0.15, -0.1) is 13.2 Å². The van der Waals surface area contributed by atoms with Crippen molar-refractivity contribution in [3.63, 3.8) is 0 Å². The molecule has 2 aromatic rings. The molecule has 0 saturated heterocycles. The molecular weight excluding hydrogens is 489 g/mol. The molecule has 0 unspecified atom stereocenters. The number of alkyl halides is 3. The zero-order chi connectivity index (χ0) is 26.3. The Balaban J connectivity index is 1.52. The highest BCUT2D eigenvalue weighted by Gasteiger charge is 2.51. The number of ether oxygens (including phenoxy) is 1. The van der Waals surface area contributed by atoms with Crippen LogP contribution < -0.4 is 9.64 Å². The Hall–Kier alpha value is -3.56. The molecule has 1 aliphatic heterocycles. The molecule has 10 heteroatoms. The van der Waals surface area contributed by atoms with E-state index < -0.39 is 24.0 Å². The van der Waals surface area contributed by atoms with E-state index in [1.165, 1.54) is 12.1 Å². The average molecular weight is 517 g/mol. The predicted octanol–water partition coefficient (Wildman–Crippen LogP) is 5.31. The van der Waals surface area contributed by atoms with Crippen LogP contribution in [0.3, 0.4) is 0 Å². The largest absolute Gasteiger partial charge is 0.573 e. The average Bonchev–Trinajstić information content (AvgIpc) is 3.56. The van der Waals surface area contributed by atoms with E-state index in [0.29, 0.717) is 12.1 Å². The van der Waals surface area contributed by atoms with Gasteiger partial charge in [-0.1, -0.05) is 30.7 Å². The molecule has 2 fully saturated rings. The normalized spacial score (nSPS) is 22.7. The van der Waals surface area contributed by atoms with Crippen molar-refractivity contribution in [2.24, 2.45) is 5.92 Å². The number of anilines is 1. The van der Waals surface area contributed by atoms with Crippen LogP contribution in [0.15, 0.2) is 48.5 Å². The highest BCUT2D eigenvalue weighted by molar-refractivity contribution is 6.07. The van der Waals surface area contributed by atoms with E-state index in [1.807, 2.05) is 17.0 Å². The third kappa shape index (κ3) is 5.14. The number of carbonyl (C=O) groups excluding carboxylic acids is 2. The van der Waals surface area contributed by atoms with Crippen LogP contribution >= 0.6 is 0 Å². The summed E-state index contributed by atoms with van der Waals surface area (Å²) in [5, 5.41) is 9.12. The first-order chi connectivity index (χ1) is 17.6. The van der Waals surface area contributed by atoms with Gasteiger partial charge in [-0.2, -0.15) is 0 Å². The second-order valence-corrected chi connectivity index (χ2v) is 9.84. The second-order valence-electron chi connectivity index (χ2n) is 9.84. The van der Waals surface area contributed by atoms with Crippen molar-refractivity contribution in [1.29, 1.82) is 0 Å². The maximum Gasteiger partial charge on any atom is 0.573 e. The van der Waals surface area contributed by atoms with Gasteiger partial charge in [0, 0.05) is 35.7 Å². The minimum atomic E-state index is -4.87. The van der Waals surface area contributed by atoms with Crippen molar-refractivity contribution in [3.8, 4) is 5.75 Å². The summed E-state index contributed by atoms with van der Waals surface area (Å²) >= 11 is 0. The number of carboxylic acid groups (broad SMARTS) is 1. The van der Waals surface area contributed by atoms with Gasteiger partial charge in [0.1, 0.15) is 5.75 Å². The van der Waals surface area contributed by atoms with Crippen molar-refractivity contribution in [2.75, 3.05) is 4.90 Å². The fourth-order valence-corrected chi connectivity index (χ4v) is 5.89. The number of carbonyl (C=O) groups is 3. The smallest absolute Gasteiger partial charge is 0.481 e. The molecule has 0 spiro atoms. The van der Waals surface area contributed by atoms with Crippen molar-refractivity contribution in [1.82, 2.24) is 4.90 Å². The number of fused-ring (bicyclic) bond motifs is 2. The maximum absolute atomic E-state index is 13.8. The number of para-hydroxylation sites is 1. The molecule has 7 nitrogen and oxygen atoms in total. The SMILES string of the molecule is O=C(O)CCC(=O)N(C1CC1)[C@H]1c2ccccc2N(C(=O)c2cccc(OC(F)(F)F)c2)[C@@H]2CCC[C@@H]21. The van der Waals surface area contributed by atoms with Crippen molar-refractivity contribution < 1.29 is 37.4 Å². The lowest BCUT2D eigenvalue weighted by atomic mass is 9.81. The number of aliphatic carboxylic acids is 1. The van der Waals surface area contributed by atoms with Gasteiger partial charge < -0.3 is 19.6 Å². The summed E-state index contributed by atoms with van der Waals surface area (Å²) in [7, 11) is 0. The molecular formula is C27H27F3N2O5. The molecule has 2 amide bonds. The molecule has 37 heavy (non-hydrogen) atoms. The molecule has 2 aliphatic carbocycles.